The van der Waals surface area contributed by atoms with Gasteiger partial charge in [-0.15, -0.1) is 0 Å². The van der Waals surface area contributed by atoms with Crippen molar-refractivity contribution < 1.29 is 19.1 Å². The summed E-state index contributed by atoms with van der Waals surface area (Å²) in [6.45, 7) is 0.142. The number of halogens is 2. The molecule has 0 bridgehead atoms. The number of rotatable bonds is 7. The van der Waals surface area contributed by atoms with Crippen molar-refractivity contribution in [2.24, 2.45) is 0 Å². The predicted molar refractivity (Wildman–Crippen MR) is 102 cm³/mol. The van der Waals surface area contributed by atoms with Crippen LogP contribution in [0.5, 0.6) is 0 Å². The largest absolute Gasteiger partial charge is 0.550 e. The van der Waals surface area contributed by atoms with Crippen LogP contribution in [0.1, 0.15) is 22.3 Å². The van der Waals surface area contributed by atoms with Gasteiger partial charge in [0.05, 0.1) is 5.69 Å². The van der Waals surface area contributed by atoms with Crippen LogP contribution in [-0.2, 0) is 11.3 Å². The second-order valence-corrected chi connectivity index (χ2v) is 6.47. The molecule has 0 saturated carbocycles. The average molecular weight is 398 g/mol. The molecule has 1 aromatic heterocycles. The van der Waals surface area contributed by atoms with Crippen LogP contribution >= 0.6 is 11.6 Å². The van der Waals surface area contributed by atoms with Crippen molar-refractivity contribution in [1.29, 1.82) is 0 Å². The number of aryl methyl sites for hydroxylation is 1. The number of carbonyl (C=O) groups excluding carboxylic acids is 2. The summed E-state index contributed by atoms with van der Waals surface area (Å²) in [5.41, 5.74) is 2.34. The normalized spacial score (nSPS) is 11.1. The van der Waals surface area contributed by atoms with E-state index in [1.807, 2.05) is 0 Å². The molecule has 0 unspecified atom stereocenters. The average Bonchev–Trinajstić information content (AvgIpc) is 3.09. The molecule has 7 heteroatoms. The lowest BCUT2D eigenvalue weighted by Crippen LogP contribution is -2.23. The van der Waals surface area contributed by atoms with Crippen molar-refractivity contribution in [2.75, 3.05) is 0 Å². The van der Waals surface area contributed by atoms with Gasteiger partial charge in [-0.05, 0) is 48.6 Å². The van der Waals surface area contributed by atoms with E-state index in [0.29, 0.717) is 21.8 Å². The van der Waals surface area contributed by atoms with Gasteiger partial charge in [-0.2, -0.15) is 5.10 Å². The number of carboxylic acids is 1. The highest BCUT2D eigenvalue weighted by atomic mass is 35.5. The van der Waals surface area contributed by atoms with Gasteiger partial charge in [-0.3, -0.25) is 9.48 Å². The molecule has 0 aliphatic rings. The molecule has 28 heavy (non-hydrogen) atoms. The summed E-state index contributed by atoms with van der Waals surface area (Å²) >= 11 is 5.93. The van der Waals surface area contributed by atoms with Gasteiger partial charge in [0.2, 0.25) is 0 Å². The lowest BCUT2D eigenvalue weighted by Gasteiger charge is -2.02. The highest BCUT2D eigenvalue weighted by molar-refractivity contribution is 6.30. The molecule has 5 nitrogen and oxygen atoms in total. The van der Waals surface area contributed by atoms with Crippen molar-refractivity contribution in [3.63, 3.8) is 0 Å². The number of hydrogen-bond donors (Lipinski definition) is 0. The molecule has 3 rings (SSSR count). The molecule has 0 atom stereocenters. The summed E-state index contributed by atoms with van der Waals surface area (Å²) in [5.74, 6) is -1.88. The lowest BCUT2D eigenvalue weighted by molar-refractivity contribution is -0.306. The molecule has 142 valence electrons. The second kappa shape index (κ2) is 8.63. The Labute approximate surface area is 165 Å². The lowest BCUT2D eigenvalue weighted by atomic mass is 10.1. The maximum Gasteiger partial charge on any atom is 0.185 e. The van der Waals surface area contributed by atoms with Crippen molar-refractivity contribution in [1.82, 2.24) is 9.78 Å². The van der Waals surface area contributed by atoms with Gasteiger partial charge in [0.1, 0.15) is 5.82 Å². The van der Waals surface area contributed by atoms with E-state index in [1.165, 1.54) is 35.0 Å². The molecule has 0 radical (unpaired) electrons. The summed E-state index contributed by atoms with van der Waals surface area (Å²) < 4.78 is 14.5. The molecule has 1 heterocycles. The summed E-state index contributed by atoms with van der Waals surface area (Å²) in [7, 11) is 0. The van der Waals surface area contributed by atoms with E-state index in [4.69, 9.17) is 11.6 Å². The minimum atomic E-state index is -1.17. The van der Waals surface area contributed by atoms with Crippen LogP contribution in [0.3, 0.4) is 0 Å². The third-order valence-corrected chi connectivity index (χ3v) is 4.25. The monoisotopic (exact) mass is 397 g/mol. The fourth-order valence-corrected chi connectivity index (χ4v) is 2.71. The Morgan fingerprint density at radius 2 is 1.79 bits per heavy atom. The number of benzene rings is 2. The number of aromatic nitrogens is 2. The third kappa shape index (κ3) is 4.92. The van der Waals surface area contributed by atoms with Gasteiger partial charge < -0.3 is 9.90 Å². The molecule has 3 aromatic rings. The van der Waals surface area contributed by atoms with Crippen LogP contribution in [0.25, 0.3) is 17.3 Å². The minimum absolute atomic E-state index is 0.142. The Balaban J connectivity index is 1.90. The van der Waals surface area contributed by atoms with Crippen molar-refractivity contribution in [3.8, 4) is 11.3 Å². The van der Waals surface area contributed by atoms with E-state index < -0.39 is 11.8 Å². The van der Waals surface area contributed by atoms with Crippen LogP contribution in [0, 0.1) is 5.82 Å². The Hall–Kier alpha value is -3.25. The predicted octanol–water partition coefficient (Wildman–Crippen LogP) is 3.38. The molecule has 0 aliphatic heterocycles. The number of nitrogens with zero attached hydrogens (tertiary/aromatic N) is 2. The van der Waals surface area contributed by atoms with Gasteiger partial charge in [0, 0.05) is 46.8 Å². The Kier molecular flexibility index (Phi) is 6.01. The van der Waals surface area contributed by atoms with Crippen molar-refractivity contribution in [2.45, 2.75) is 13.0 Å². The van der Waals surface area contributed by atoms with Gasteiger partial charge in [-0.1, -0.05) is 23.7 Å². The number of hydrogen-bond acceptors (Lipinski definition) is 4. The first-order valence-electron chi connectivity index (χ1n) is 8.43. The highest BCUT2D eigenvalue weighted by Crippen LogP contribution is 2.25. The number of ketones is 1. The molecule has 0 spiro atoms. The van der Waals surface area contributed by atoms with Gasteiger partial charge in [0.15, 0.2) is 5.78 Å². The van der Waals surface area contributed by atoms with E-state index in [0.717, 1.165) is 5.56 Å². The summed E-state index contributed by atoms with van der Waals surface area (Å²) in [6.07, 6.45) is 4.44. The molecular formula is C21H15ClFN2O3-. The number of allylic oxidation sites excluding steroid dienone is 1. The topological polar surface area (TPSA) is 75.0 Å². The first-order valence-corrected chi connectivity index (χ1v) is 8.81. The molecule has 0 amide bonds. The molecule has 0 N–H and O–H groups in total. The zero-order valence-corrected chi connectivity index (χ0v) is 15.4. The van der Waals surface area contributed by atoms with Crippen LogP contribution < -0.4 is 5.11 Å². The van der Waals surface area contributed by atoms with Crippen molar-refractivity contribution in [3.05, 3.63) is 82.8 Å². The number of aliphatic carboxylic acids is 1. The minimum Gasteiger partial charge on any atom is -0.550 e. The van der Waals surface area contributed by atoms with E-state index >= 15 is 0 Å². The summed E-state index contributed by atoms with van der Waals surface area (Å²) in [5, 5.41) is 15.7. The quantitative estimate of drug-likeness (QED) is 0.452. The Morgan fingerprint density at radius 3 is 2.43 bits per heavy atom. The molecule has 2 aromatic carbocycles. The smallest absolute Gasteiger partial charge is 0.185 e. The Morgan fingerprint density at radius 1 is 1.11 bits per heavy atom. The standard InChI is InChI=1S/C21H16ClFN2O3/c22-17-6-1-15(2-7-17)21-16(13-25(24-21)12-11-20(27)28)5-10-19(26)14-3-8-18(23)9-4-14/h1-10,13H,11-12H2,(H,27,28)/p-1. The second-order valence-electron chi connectivity index (χ2n) is 6.03. The number of carbonyl (C=O) groups is 2. The molecule has 0 saturated heterocycles. The van der Waals surface area contributed by atoms with Crippen molar-refractivity contribution >= 4 is 29.4 Å². The molecular weight excluding hydrogens is 383 g/mol. The van der Waals surface area contributed by atoms with E-state index in [9.17, 15) is 19.1 Å². The summed E-state index contributed by atoms with van der Waals surface area (Å²) in [4.78, 5) is 23.0. The van der Waals surface area contributed by atoms with Crippen LogP contribution in [0.2, 0.25) is 5.02 Å². The van der Waals surface area contributed by atoms with Crippen LogP contribution in [-0.4, -0.2) is 21.5 Å². The maximum absolute atomic E-state index is 13.0. The van der Waals surface area contributed by atoms with Gasteiger partial charge in [-0.25, -0.2) is 4.39 Å². The van der Waals surface area contributed by atoms with Gasteiger partial charge in [0.25, 0.3) is 0 Å². The molecule has 0 aliphatic carbocycles. The maximum atomic E-state index is 13.0. The van der Waals surface area contributed by atoms with Crippen LogP contribution in [0.4, 0.5) is 4.39 Å². The van der Waals surface area contributed by atoms with E-state index in [1.54, 1.807) is 36.5 Å². The van der Waals surface area contributed by atoms with Crippen LogP contribution in [0.15, 0.2) is 60.8 Å². The van der Waals surface area contributed by atoms with Gasteiger partial charge >= 0.3 is 0 Å². The SMILES string of the molecule is O=C([O-])CCn1cc(C=CC(=O)c2ccc(F)cc2)c(-c2ccc(Cl)cc2)n1. The fourth-order valence-electron chi connectivity index (χ4n) is 2.59. The zero-order chi connectivity index (χ0) is 20.1. The first kappa shape index (κ1) is 19.5. The fraction of sp³-hybridized carbons (Fsp3) is 0.0952. The summed E-state index contributed by atoms with van der Waals surface area (Å²) in [6, 6.07) is 12.3. The molecule has 0 fully saturated rings. The Bertz CT molecular complexity index is 1020. The number of carboxylic acid groups (broad SMARTS) is 1. The van der Waals surface area contributed by atoms with E-state index in [2.05, 4.69) is 5.10 Å². The highest BCUT2D eigenvalue weighted by Gasteiger charge is 2.10. The first-order chi connectivity index (χ1) is 13.4. The zero-order valence-electron chi connectivity index (χ0n) is 14.6. The van der Waals surface area contributed by atoms with E-state index in [-0.39, 0.29) is 18.7 Å². The third-order valence-electron chi connectivity index (χ3n) is 4.00.